The first-order chi connectivity index (χ1) is 9.08. The van der Waals surface area contributed by atoms with Gasteiger partial charge in [0.2, 0.25) is 0 Å². The smallest absolute Gasteiger partial charge is 0.276 e. The van der Waals surface area contributed by atoms with Crippen molar-refractivity contribution in [1.82, 2.24) is 19.9 Å². The minimum Gasteiger partial charge on any atom is -0.377 e. The zero-order chi connectivity index (χ0) is 13.9. The number of ether oxygens (including phenoxy) is 1. The number of amides is 1. The standard InChI is InChI=1S/C12H21N5O2/c1-12(19-2)4-3-6-16(9-12)11(18)10-8-17(7-5-13)15-14-10/h8H,3-7,9,13H2,1-2H3. The van der Waals surface area contributed by atoms with Crippen LogP contribution in [-0.2, 0) is 11.3 Å². The normalized spacial score (nSPS) is 23.6. The summed E-state index contributed by atoms with van der Waals surface area (Å²) in [6.45, 7) is 4.39. The van der Waals surface area contributed by atoms with Crippen LogP contribution in [0.25, 0.3) is 0 Å². The van der Waals surface area contributed by atoms with Crippen LogP contribution in [0, 0.1) is 0 Å². The summed E-state index contributed by atoms with van der Waals surface area (Å²) in [7, 11) is 1.69. The number of nitrogens with two attached hydrogens (primary N) is 1. The van der Waals surface area contributed by atoms with Crippen LogP contribution in [0.4, 0.5) is 0 Å². The summed E-state index contributed by atoms with van der Waals surface area (Å²) in [5.41, 5.74) is 5.55. The number of nitrogens with zero attached hydrogens (tertiary/aromatic N) is 4. The number of piperidine rings is 1. The first kappa shape index (κ1) is 14.0. The van der Waals surface area contributed by atoms with E-state index in [1.54, 1.807) is 22.9 Å². The first-order valence-electron chi connectivity index (χ1n) is 6.52. The molecule has 1 aromatic heterocycles. The molecule has 106 valence electrons. The molecule has 1 aromatic rings. The van der Waals surface area contributed by atoms with E-state index in [9.17, 15) is 4.79 Å². The van der Waals surface area contributed by atoms with Crippen LogP contribution in [0.5, 0.6) is 0 Å². The van der Waals surface area contributed by atoms with Gasteiger partial charge in [-0.05, 0) is 19.8 Å². The van der Waals surface area contributed by atoms with E-state index in [0.717, 1.165) is 19.4 Å². The van der Waals surface area contributed by atoms with Crippen molar-refractivity contribution in [1.29, 1.82) is 0 Å². The van der Waals surface area contributed by atoms with Crippen LogP contribution in [0.1, 0.15) is 30.3 Å². The molecule has 1 aliphatic heterocycles. The molecule has 7 nitrogen and oxygen atoms in total. The minimum atomic E-state index is -0.263. The van der Waals surface area contributed by atoms with Gasteiger partial charge < -0.3 is 15.4 Å². The Labute approximate surface area is 112 Å². The van der Waals surface area contributed by atoms with E-state index in [0.29, 0.717) is 25.3 Å². The number of rotatable bonds is 4. The second-order valence-electron chi connectivity index (χ2n) is 5.14. The zero-order valence-corrected chi connectivity index (χ0v) is 11.5. The van der Waals surface area contributed by atoms with Crippen molar-refractivity contribution in [3.05, 3.63) is 11.9 Å². The van der Waals surface area contributed by atoms with Gasteiger partial charge in [-0.1, -0.05) is 5.21 Å². The Morgan fingerprint density at radius 3 is 3.11 bits per heavy atom. The molecule has 0 saturated carbocycles. The highest BCUT2D eigenvalue weighted by Gasteiger charge is 2.34. The summed E-state index contributed by atoms with van der Waals surface area (Å²) in [4.78, 5) is 14.1. The number of hydrogen-bond acceptors (Lipinski definition) is 5. The fraction of sp³-hybridized carbons (Fsp3) is 0.750. The predicted octanol–water partition coefficient (Wildman–Crippen LogP) is -0.122. The number of likely N-dealkylation sites (tertiary alicyclic amines) is 1. The van der Waals surface area contributed by atoms with Crippen LogP contribution in [0.3, 0.4) is 0 Å². The van der Waals surface area contributed by atoms with Crippen LogP contribution in [0.2, 0.25) is 0 Å². The molecular formula is C12H21N5O2. The van der Waals surface area contributed by atoms with Gasteiger partial charge in [0.05, 0.1) is 18.3 Å². The molecule has 1 aliphatic rings. The topological polar surface area (TPSA) is 86.3 Å². The van der Waals surface area contributed by atoms with E-state index >= 15 is 0 Å². The maximum absolute atomic E-state index is 12.3. The van der Waals surface area contributed by atoms with Crippen molar-refractivity contribution in [3.8, 4) is 0 Å². The molecule has 0 aromatic carbocycles. The van der Waals surface area contributed by atoms with Gasteiger partial charge in [-0.25, -0.2) is 0 Å². The molecule has 1 saturated heterocycles. The summed E-state index contributed by atoms with van der Waals surface area (Å²) in [5.74, 6) is -0.0914. The fourth-order valence-electron chi connectivity index (χ4n) is 2.35. The lowest BCUT2D eigenvalue weighted by molar-refractivity contribution is -0.0441. The average molecular weight is 267 g/mol. The van der Waals surface area contributed by atoms with Crippen molar-refractivity contribution >= 4 is 5.91 Å². The van der Waals surface area contributed by atoms with Gasteiger partial charge in [0, 0.05) is 26.7 Å². The second kappa shape index (κ2) is 5.66. The molecule has 2 N–H and O–H groups in total. The highest BCUT2D eigenvalue weighted by Crippen LogP contribution is 2.24. The van der Waals surface area contributed by atoms with Crippen molar-refractivity contribution < 1.29 is 9.53 Å². The summed E-state index contributed by atoms with van der Waals surface area (Å²) in [5, 5.41) is 7.80. The second-order valence-corrected chi connectivity index (χ2v) is 5.14. The highest BCUT2D eigenvalue weighted by atomic mass is 16.5. The van der Waals surface area contributed by atoms with Gasteiger partial charge in [-0.3, -0.25) is 9.48 Å². The summed E-state index contributed by atoms with van der Waals surface area (Å²) < 4.78 is 7.08. The molecule has 1 fully saturated rings. The van der Waals surface area contributed by atoms with Gasteiger partial charge in [0.15, 0.2) is 5.69 Å². The molecule has 2 rings (SSSR count). The molecule has 2 heterocycles. The SMILES string of the molecule is COC1(C)CCCN(C(=O)c2cn(CCN)nn2)C1. The maximum atomic E-state index is 12.3. The van der Waals surface area contributed by atoms with E-state index < -0.39 is 0 Å². The van der Waals surface area contributed by atoms with Crippen LogP contribution >= 0.6 is 0 Å². The van der Waals surface area contributed by atoms with Crippen molar-refractivity contribution in [2.45, 2.75) is 31.9 Å². The summed E-state index contributed by atoms with van der Waals surface area (Å²) >= 11 is 0. The average Bonchev–Trinajstić information content (AvgIpc) is 2.87. The van der Waals surface area contributed by atoms with E-state index in [4.69, 9.17) is 10.5 Å². The number of hydrogen-bond donors (Lipinski definition) is 1. The maximum Gasteiger partial charge on any atom is 0.276 e. The summed E-state index contributed by atoms with van der Waals surface area (Å²) in [6.07, 6.45) is 3.55. The van der Waals surface area contributed by atoms with E-state index in [-0.39, 0.29) is 11.5 Å². The molecule has 1 amide bonds. The first-order valence-corrected chi connectivity index (χ1v) is 6.52. The molecule has 0 bridgehead atoms. The number of carbonyl (C=O) groups is 1. The van der Waals surface area contributed by atoms with Crippen molar-refractivity contribution in [2.75, 3.05) is 26.7 Å². The minimum absolute atomic E-state index is 0.0914. The molecule has 1 atom stereocenters. The quantitative estimate of drug-likeness (QED) is 0.821. The van der Waals surface area contributed by atoms with Gasteiger partial charge in [0.1, 0.15) is 0 Å². The lowest BCUT2D eigenvalue weighted by Gasteiger charge is -2.39. The largest absolute Gasteiger partial charge is 0.377 e. The molecule has 0 radical (unpaired) electrons. The lowest BCUT2D eigenvalue weighted by atomic mass is 9.94. The van der Waals surface area contributed by atoms with Gasteiger partial charge in [0.25, 0.3) is 5.91 Å². The fourth-order valence-corrected chi connectivity index (χ4v) is 2.35. The Hall–Kier alpha value is -1.47. The molecule has 7 heteroatoms. The van der Waals surface area contributed by atoms with Crippen LogP contribution < -0.4 is 5.73 Å². The number of methoxy groups -OCH3 is 1. The molecular weight excluding hydrogens is 246 g/mol. The Bertz CT molecular complexity index is 447. The third-order valence-electron chi connectivity index (χ3n) is 3.55. The van der Waals surface area contributed by atoms with Crippen molar-refractivity contribution in [3.63, 3.8) is 0 Å². The highest BCUT2D eigenvalue weighted by molar-refractivity contribution is 5.92. The molecule has 0 spiro atoms. The van der Waals surface area contributed by atoms with Gasteiger partial charge in [-0.15, -0.1) is 5.10 Å². The molecule has 1 unspecified atom stereocenters. The van der Waals surface area contributed by atoms with Crippen LogP contribution in [-0.4, -0.2) is 58.1 Å². The predicted molar refractivity (Wildman–Crippen MR) is 69.6 cm³/mol. The molecule has 0 aliphatic carbocycles. The van der Waals surface area contributed by atoms with Gasteiger partial charge >= 0.3 is 0 Å². The number of carbonyl (C=O) groups excluding carboxylic acids is 1. The monoisotopic (exact) mass is 267 g/mol. The lowest BCUT2D eigenvalue weighted by Crippen LogP contribution is -2.49. The van der Waals surface area contributed by atoms with Gasteiger partial charge in [-0.2, -0.15) is 0 Å². The Morgan fingerprint density at radius 1 is 1.63 bits per heavy atom. The van der Waals surface area contributed by atoms with E-state index in [1.165, 1.54) is 0 Å². The number of aromatic nitrogens is 3. The van der Waals surface area contributed by atoms with E-state index in [1.807, 2.05) is 6.92 Å². The van der Waals surface area contributed by atoms with Crippen molar-refractivity contribution in [2.24, 2.45) is 5.73 Å². The third kappa shape index (κ3) is 3.10. The summed E-state index contributed by atoms with van der Waals surface area (Å²) in [6, 6.07) is 0. The molecule has 19 heavy (non-hydrogen) atoms. The van der Waals surface area contributed by atoms with E-state index in [2.05, 4.69) is 10.3 Å². The Morgan fingerprint density at radius 2 is 2.42 bits per heavy atom. The Balaban J connectivity index is 2.06. The third-order valence-corrected chi connectivity index (χ3v) is 3.55. The zero-order valence-electron chi connectivity index (χ0n) is 11.5. The Kier molecular flexibility index (Phi) is 4.16. The van der Waals surface area contributed by atoms with Crippen LogP contribution in [0.15, 0.2) is 6.20 Å².